The van der Waals surface area contributed by atoms with E-state index in [1.165, 1.54) is 36.3 Å². The molecular weight excluding hydrogens is 426 g/mol. The second-order valence-electron chi connectivity index (χ2n) is 8.17. The average Bonchev–Trinajstić information content (AvgIpc) is 2.81. The highest BCUT2D eigenvalue weighted by Crippen LogP contribution is 2.22. The van der Waals surface area contributed by atoms with Crippen LogP contribution in [0.1, 0.15) is 38.2 Å². The van der Waals surface area contributed by atoms with Crippen molar-refractivity contribution in [2.75, 3.05) is 35.6 Å². The second kappa shape index (κ2) is 10.7. The van der Waals surface area contributed by atoms with Crippen LogP contribution in [0.15, 0.2) is 48.5 Å². The van der Waals surface area contributed by atoms with Crippen LogP contribution in [0, 0.1) is 0 Å². The van der Waals surface area contributed by atoms with Gasteiger partial charge in [-0.2, -0.15) is 0 Å². The predicted molar refractivity (Wildman–Crippen MR) is 129 cm³/mol. The van der Waals surface area contributed by atoms with Gasteiger partial charge < -0.3 is 15.0 Å². The molecule has 8 heteroatoms. The Morgan fingerprint density at radius 1 is 1.06 bits per heavy atom. The van der Waals surface area contributed by atoms with Crippen molar-refractivity contribution in [2.45, 2.75) is 45.3 Å². The van der Waals surface area contributed by atoms with E-state index in [0.29, 0.717) is 24.4 Å². The van der Waals surface area contributed by atoms with E-state index in [9.17, 15) is 13.2 Å². The summed E-state index contributed by atoms with van der Waals surface area (Å²) in [7, 11) is -1.83. The molecule has 0 bridgehead atoms. The van der Waals surface area contributed by atoms with Crippen molar-refractivity contribution >= 4 is 27.3 Å². The standard InChI is InChI=1S/C24H33N3O4S/c1-4-23(31-22-14-12-20(13-15-22)26(2)32(3,29)30)24(28)25-18-19-8-10-21(11-9-19)27-16-6-5-7-17-27/h8-15,23H,4-7,16-18H2,1-3H3,(H,25,28). The Morgan fingerprint density at radius 3 is 2.25 bits per heavy atom. The first kappa shape index (κ1) is 23.9. The zero-order valence-corrected chi connectivity index (χ0v) is 19.9. The van der Waals surface area contributed by atoms with Gasteiger partial charge in [0.2, 0.25) is 10.0 Å². The van der Waals surface area contributed by atoms with Gasteiger partial charge >= 0.3 is 0 Å². The van der Waals surface area contributed by atoms with Gasteiger partial charge in [0.15, 0.2) is 6.10 Å². The van der Waals surface area contributed by atoms with E-state index in [2.05, 4.69) is 34.5 Å². The topological polar surface area (TPSA) is 78.9 Å². The number of rotatable bonds is 9. The second-order valence-corrected chi connectivity index (χ2v) is 10.2. The molecule has 1 amide bonds. The van der Waals surface area contributed by atoms with Gasteiger partial charge in [-0.1, -0.05) is 19.1 Å². The van der Waals surface area contributed by atoms with Crippen molar-refractivity contribution in [1.82, 2.24) is 5.32 Å². The summed E-state index contributed by atoms with van der Waals surface area (Å²) < 4.78 is 30.4. The molecule has 1 aliphatic rings. The summed E-state index contributed by atoms with van der Waals surface area (Å²) in [6.07, 6.45) is 4.84. The van der Waals surface area contributed by atoms with Gasteiger partial charge in [0.1, 0.15) is 5.75 Å². The summed E-state index contributed by atoms with van der Waals surface area (Å²) in [4.78, 5) is 15.0. The molecule has 0 saturated carbocycles. The van der Waals surface area contributed by atoms with E-state index >= 15 is 0 Å². The average molecular weight is 460 g/mol. The lowest BCUT2D eigenvalue weighted by Gasteiger charge is -2.28. The van der Waals surface area contributed by atoms with Crippen LogP contribution in [0.2, 0.25) is 0 Å². The number of nitrogens with one attached hydrogen (secondary N) is 1. The number of carbonyl (C=O) groups excluding carboxylic acids is 1. The van der Waals surface area contributed by atoms with Crippen molar-refractivity contribution in [3.8, 4) is 5.75 Å². The Labute approximate surface area is 191 Å². The van der Waals surface area contributed by atoms with Crippen LogP contribution in [-0.4, -0.2) is 46.8 Å². The maximum Gasteiger partial charge on any atom is 0.261 e. The fraction of sp³-hybridized carbons (Fsp3) is 0.458. The summed E-state index contributed by atoms with van der Waals surface area (Å²) in [5.74, 6) is 0.341. The van der Waals surface area contributed by atoms with Gasteiger partial charge in [-0.25, -0.2) is 8.42 Å². The number of sulfonamides is 1. The smallest absolute Gasteiger partial charge is 0.261 e. The summed E-state index contributed by atoms with van der Waals surface area (Å²) in [6.45, 7) is 4.55. The van der Waals surface area contributed by atoms with E-state index in [-0.39, 0.29) is 5.91 Å². The Kier molecular flexibility index (Phi) is 8.01. The first-order valence-corrected chi connectivity index (χ1v) is 12.9. The Balaban J connectivity index is 1.53. The molecule has 2 aromatic rings. The Bertz CT molecular complexity index is 985. The third-order valence-corrected chi connectivity index (χ3v) is 6.97. The molecular formula is C24H33N3O4S. The fourth-order valence-electron chi connectivity index (χ4n) is 3.69. The molecule has 1 unspecified atom stereocenters. The zero-order chi connectivity index (χ0) is 23.1. The minimum atomic E-state index is -3.33. The minimum Gasteiger partial charge on any atom is -0.481 e. The number of amides is 1. The van der Waals surface area contributed by atoms with Crippen LogP contribution in [0.25, 0.3) is 0 Å². The molecule has 0 aromatic heterocycles. The first-order valence-electron chi connectivity index (χ1n) is 11.1. The van der Waals surface area contributed by atoms with Crippen LogP contribution in [-0.2, 0) is 21.4 Å². The molecule has 32 heavy (non-hydrogen) atoms. The van der Waals surface area contributed by atoms with Gasteiger partial charge in [-0.15, -0.1) is 0 Å². The van der Waals surface area contributed by atoms with Crippen LogP contribution < -0.4 is 19.3 Å². The maximum atomic E-state index is 12.6. The fourth-order valence-corrected chi connectivity index (χ4v) is 4.20. The number of ether oxygens (including phenoxy) is 1. The van der Waals surface area contributed by atoms with Crippen molar-refractivity contribution in [3.63, 3.8) is 0 Å². The molecule has 0 radical (unpaired) electrons. The van der Waals surface area contributed by atoms with Crippen molar-refractivity contribution in [1.29, 1.82) is 0 Å². The van der Waals surface area contributed by atoms with Gasteiger partial charge in [0, 0.05) is 32.4 Å². The van der Waals surface area contributed by atoms with Crippen molar-refractivity contribution in [3.05, 3.63) is 54.1 Å². The number of benzene rings is 2. The van der Waals surface area contributed by atoms with Crippen molar-refractivity contribution < 1.29 is 17.9 Å². The molecule has 1 N–H and O–H groups in total. The zero-order valence-electron chi connectivity index (χ0n) is 19.1. The van der Waals surface area contributed by atoms with Gasteiger partial charge in [0.05, 0.1) is 11.9 Å². The molecule has 1 saturated heterocycles. The highest BCUT2D eigenvalue weighted by Gasteiger charge is 2.19. The van der Waals surface area contributed by atoms with E-state index in [4.69, 9.17) is 4.74 Å². The molecule has 1 aliphatic heterocycles. The van der Waals surface area contributed by atoms with Crippen LogP contribution >= 0.6 is 0 Å². The third-order valence-electron chi connectivity index (χ3n) is 5.76. The predicted octanol–water partition coefficient (Wildman–Crippen LogP) is 3.55. The monoisotopic (exact) mass is 459 g/mol. The highest BCUT2D eigenvalue weighted by molar-refractivity contribution is 7.92. The van der Waals surface area contributed by atoms with E-state index in [1.54, 1.807) is 24.3 Å². The molecule has 2 aromatic carbocycles. The number of anilines is 2. The molecule has 1 fully saturated rings. The van der Waals surface area contributed by atoms with E-state index in [0.717, 1.165) is 24.9 Å². The van der Waals surface area contributed by atoms with Crippen LogP contribution in [0.3, 0.4) is 0 Å². The quantitative estimate of drug-likeness (QED) is 0.620. The SMILES string of the molecule is CCC(Oc1ccc(N(C)S(C)(=O)=O)cc1)C(=O)NCc1ccc(N2CCCCC2)cc1. The maximum absolute atomic E-state index is 12.6. The van der Waals surface area contributed by atoms with Gasteiger partial charge in [-0.3, -0.25) is 9.10 Å². The number of hydrogen-bond donors (Lipinski definition) is 1. The van der Waals surface area contributed by atoms with Crippen LogP contribution in [0.4, 0.5) is 11.4 Å². The van der Waals surface area contributed by atoms with Crippen LogP contribution in [0.5, 0.6) is 5.75 Å². The molecule has 174 valence electrons. The van der Waals surface area contributed by atoms with E-state index in [1.807, 2.05) is 6.92 Å². The normalized spacial score (nSPS) is 15.2. The summed E-state index contributed by atoms with van der Waals surface area (Å²) in [5, 5.41) is 2.95. The van der Waals surface area contributed by atoms with Gasteiger partial charge in [0.25, 0.3) is 5.91 Å². The number of hydrogen-bond acceptors (Lipinski definition) is 5. The molecule has 3 rings (SSSR count). The number of piperidine rings is 1. The lowest BCUT2D eigenvalue weighted by atomic mass is 10.1. The molecule has 1 atom stereocenters. The summed E-state index contributed by atoms with van der Waals surface area (Å²) in [6, 6.07) is 15.0. The lowest BCUT2D eigenvalue weighted by Crippen LogP contribution is -2.37. The van der Waals surface area contributed by atoms with Crippen molar-refractivity contribution in [2.24, 2.45) is 0 Å². The molecule has 0 spiro atoms. The van der Waals surface area contributed by atoms with Gasteiger partial charge in [-0.05, 0) is 67.6 Å². The Morgan fingerprint density at radius 2 is 1.69 bits per heavy atom. The summed E-state index contributed by atoms with van der Waals surface area (Å²) in [5.41, 5.74) is 2.81. The van der Waals surface area contributed by atoms with E-state index < -0.39 is 16.1 Å². The molecule has 0 aliphatic carbocycles. The lowest BCUT2D eigenvalue weighted by molar-refractivity contribution is -0.128. The molecule has 1 heterocycles. The summed E-state index contributed by atoms with van der Waals surface area (Å²) >= 11 is 0. The Hall–Kier alpha value is -2.74. The third kappa shape index (κ3) is 6.38. The largest absolute Gasteiger partial charge is 0.481 e. The number of nitrogens with zero attached hydrogens (tertiary/aromatic N) is 2. The molecule has 7 nitrogen and oxygen atoms in total. The number of carbonyl (C=O) groups is 1. The first-order chi connectivity index (χ1) is 15.3. The minimum absolute atomic E-state index is 0.176. The highest BCUT2D eigenvalue weighted by atomic mass is 32.2.